The third-order valence-electron chi connectivity index (χ3n) is 7.41. The molecule has 5 heteroatoms. The van der Waals surface area contributed by atoms with Gasteiger partial charge in [-0.25, -0.2) is 4.98 Å². The molecule has 4 nitrogen and oxygen atoms in total. The molecule has 170 valence electrons. The lowest BCUT2D eigenvalue weighted by Gasteiger charge is -2.42. The minimum absolute atomic E-state index is 0.225. The second-order valence-corrected chi connectivity index (χ2v) is 11.5. The number of rotatable bonds is 6. The predicted octanol–water partition coefficient (Wildman–Crippen LogP) is 5.49. The van der Waals surface area contributed by atoms with E-state index >= 15 is 0 Å². The molecule has 0 spiro atoms. The number of anilines is 1. The van der Waals surface area contributed by atoms with E-state index in [1.54, 1.807) is 11.3 Å². The first-order valence-electron chi connectivity index (χ1n) is 12.0. The number of nitrogens with one attached hydrogen (secondary N) is 1. The van der Waals surface area contributed by atoms with Crippen LogP contribution in [-0.4, -0.2) is 42.4 Å². The maximum atomic E-state index is 9.00. The van der Waals surface area contributed by atoms with Crippen LogP contribution in [0.1, 0.15) is 77.3 Å². The minimum Gasteiger partial charge on any atom is -0.396 e. The first-order chi connectivity index (χ1) is 14.8. The van der Waals surface area contributed by atoms with Crippen LogP contribution >= 0.6 is 11.3 Å². The van der Waals surface area contributed by atoms with E-state index in [4.69, 9.17) is 10.1 Å². The molecule has 1 aliphatic heterocycles. The first-order valence-corrected chi connectivity index (χ1v) is 12.9. The summed E-state index contributed by atoms with van der Waals surface area (Å²) in [6.45, 7) is 12.9. The quantitative estimate of drug-likeness (QED) is 0.582. The summed E-state index contributed by atoms with van der Waals surface area (Å²) in [5.41, 5.74) is 5.86. The smallest absolute Gasteiger partial charge is 0.185 e. The van der Waals surface area contributed by atoms with Crippen molar-refractivity contribution in [2.75, 3.05) is 31.1 Å². The molecule has 2 aliphatic rings. The molecule has 1 atom stereocenters. The molecule has 0 radical (unpaired) electrons. The van der Waals surface area contributed by atoms with E-state index in [0.717, 1.165) is 43.3 Å². The highest BCUT2D eigenvalue weighted by Crippen LogP contribution is 2.46. The van der Waals surface area contributed by atoms with Gasteiger partial charge in [-0.05, 0) is 73.1 Å². The van der Waals surface area contributed by atoms with Crippen LogP contribution < -0.4 is 10.2 Å². The molecular weight excluding hydrogens is 402 g/mol. The van der Waals surface area contributed by atoms with Gasteiger partial charge in [0.2, 0.25) is 0 Å². The summed E-state index contributed by atoms with van der Waals surface area (Å²) in [6.07, 6.45) is 6.86. The first kappa shape index (κ1) is 22.8. The van der Waals surface area contributed by atoms with E-state index in [9.17, 15) is 0 Å². The van der Waals surface area contributed by atoms with Crippen molar-refractivity contribution in [3.05, 3.63) is 34.7 Å². The average molecular weight is 442 g/mol. The zero-order chi connectivity index (χ0) is 22.1. The Bertz CT molecular complexity index is 889. The van der Waals surface area contributed by atoms with Crippen LogP contribution in [0.2, 0.25) is 0 Å². The molecule has 1 fully saturated rings. The van der Waals surface area contributed by atoms with E-state index in [1.807, 2.05) is 0 Å². The van der Waals surface area contributed by atoms with Gasteiger partial charge < -0.3 is 15.3 Å². The van der Waals surface area contributed by atoms with Gasteiger partial charge in [0.1, 0.15) is 0 Å². The lowest BCUT2D eigenvalue weighted by molar-refractivity contribution is 0.282. The second kappa shape index (κ2) is 9.21. The molecule has 0 amide bonds. The van der Waals surface area contributed by atoms with Gasteiger partial charge in [-0.3, -0.25) is 0 Å². The Hall–Kier alpha value is -1.43. The number of hydrogen-bond acceptors (Lipinski definition) is 5. The molecule has 1 aromatic carbocycles. The number of hydrogen-bond donors (Lipinski definition) is 2. The van der Waals surface area contributed by atoms with Gasteiger partial charge in [-0.2, -0.15) is 0 Å². The number of benzene rings is 1. The molecular formula is C26H39N3OS. The monoisotopic (exact) mass is 441 g/mol. The fourth-order valence-corrected chi connectivity index (χ4v) is 6.06. The summed E-state index contributed by atoms with van der Waals surface area (Å²) in [5.74, 6) is 0. The maximum absolute atomic E-state index is 9.00. The van der Waals surface area contributed by atoms with Gasteiger partial charge in [0.25, 0.3) is 0 Å². The highest BCUT2D eigenvalue weighted by molar-refractivity contribution is 7.14. The van der Waals surface area contributed by atoms with Crippen molar-refractivity contribution >= 4 is 16.5 Å². The number of fused-ring (bicyclic) bond motifs is 1. The van der Waals surface area contributed by atoms with Crippen LogP contribution in [0.25, 0.3) is 11.3 Å². The summed E-state index contributed by atoms with van der Waals surface area (Å²) < 4.78 is 0. The average Bonchev–Trinajstić information content (AvgIpc) is 3.12. The van der Waals surface area contributed by atoms with Crippen LogP contribution in [0.5, 0.6) is 0 Å². The fraction of sp³-hybridized carbons (Fsp3) is 0.654. The van der Waals surface area contributed by atoms with Crippen molar-refractivity contribution in [2.45, 2.75) is 83.1 Å². The second-order valence-electron chi connectivity index (χ2n) is 10.7. The van der Waals surface area contributed by atoms with Crippen LogP contribution in [0.3, 0.4) is 0 Å². The summed E-state index contributed by atoms with van der Waals surface area (Å²) in [6, 6.07) is 7.62. The van der Waals surface area contributed by atoms with E-state index in [1.165, 1.54) is 42.4 Å². The van der Waals surface area contributed by atoms with Crippen molar-refractivity contribution in [1.82, 2.24) is 10.3 Å². The van der Waals surface area contributed by atoms with Gasteiger partial charge in [0, 0.05) is 36.7 Å². The van der Waals surface area contributed by atoms with Crippen molar-refractivity contribution in [2.24, 2.45) is 0 Å². The van der Waals surface area contributed by atoms with Crippen molar-refractivity contribution in [3.8, 4) is 11.3 Å². The summed E-state index contributed by atoms with van der Waals surface area (Å²) in [7, 11) is 0. The highest BCUT2D eigenvalue weighted by atomic mass is 32.1. The third-order valence-corrected chi connectivity index (χ3v) is 8.31. The Balaban J connectivity index is 1.49. The van der Waals surface area contributed by atoms with Crippen LogP contribution in [0.15, 0.2) is 23.6 Å². The zero-order valence-electron chi connectivity index (χ0n) is 19.7. The molecule has 4 rings (SSSR count). The van der Waals surface area contributed by atoms with E-state index < -0.39 is 0 Å². The van der Waals surface area contributed by atoms with Crippen LogP contribution in [0.4, 0.5) is 5.13 Å². The lowest BCUT2D eigenvalue weighted by atomic mass is 9.63. The summed E-state index contributed by atoms with van der Waals surface area (Å²) >= 11 is 1.78. The number of nitrogens with zero attached hydrogens (tertiary/aromatic N) is 2. The number of aliphatic hydroxyl groups is 1. The number of aromatic nitrogens is 1. The Kier molecular flexibility index (Phi) is 6.76. The number of thiazole rings is 1. The highest BCUT2D eigenvalue weighted by Gasteiger charge is 2.37. The lowest BCUT2D eigenvalue weighted by Crippen LogP contribution is -2.33. The Morgan fingerprint density at radius 1 is 1.10 bits per heavy atom. The summed E-state index contributed by atoms with van der Waals surface area (Å²) in [4.78, 5) is 7.54. The maximum Gasteiger partial charge on any atom is 0.185 e. The number of aliphatic hydroxyl groups excluding tert-OH is 1. The molecule has 2 heterocycles. The minimum atomic E-state index is 0.225. The SMILES string of the molecule is CC1(C)CCC(C)(C)c2cc(-c3csc(N4CCCC(NCCCO)CC4)n3)ccc21. The molecule has 2 aromatic rings. The normalized spacial score (nSPS) is 22.7. The Labute approximate surface area is 192 Å². The van der Waals surface area contributed by atoms with Gasteiger partial charge in [0.05, 0.1) is 5.69 Å². The van der Waals surface area contributed by atoms with Gasteiger partial charge in [-0.1, -0.05) is 39.8 Å². The van der Waals surface area contributed by atoms with Crippen LogP contribution in [-0.2, 0) is 10.8 Å². The molecule has 0 saturated carbocycles. The largest absolute Gasteiger partial charge is 0.396 e. The van der Waals surface area contributed by atoms with E-state index in [2.05, 4.69) is 61.5 Å². The molecule has 1 aromatic heterocycles. The van der Waals surface area contributed by atoms with Crippen molar-refractivity contribution in [1.29, 1.82) is 0 Å². The molecule has 2 N–H and O–H groups in total. The topological polar surface area (TPSA) is 48.4 Å². The van der Waals surface area contributed by atoms with Crippen molar-refractivity contribution < 1.29 is 5.11 Å². The van der Waals surface area contributed by atoms with Crippen LogP contribution in [0, 0.1) is 0 Å². The van der Waals surface area contributed by atoms with E-state index in [0.29, 0.717) is 6.04 Å². The van der Waals surface area contributed by atoms with Crippen molar-refractivity contribution in [3.63, 3.8) is 0 Å². The fourth-order valence-electron chi connectivity index (χ4n) is 5.17. The molecule has 0 bridgehead atoms. The Morgan fingerprint density at radius 2 is 1.87 bits per heavy atom. The predicted molar refractivity (Wildman–Crippen MR) is 132 cm³/mol. The molecule has 31 heavy (non-hydrogen) atoms. The molecule has 1 unspecified atom stereocenters. The molecule has 1 saturated heterocycles. The zero-order valence-corrected chi connectivity index (χ0v) is 20.5. The summed E-state index contributed by atoms with van der Waals surface area (Å²) in [5, 5.41) is 16.0. The van der Waals surface area contributed by atoms with Gasteiger partial charge >= 0.3 is 0 Å². The third kappa shape index (κ3) is 4.99. The van der Waals surface area contributed by atoms with E-state index in [-0.39, 0.29) is 17.4 Å². The van der Waals surface area contributed by atoms with Gasteiger partial charge in [-0.15, -0.1) is 11.3 Å². The Morgan fingerprint density at radius 3 is 2.65 bits per heavy atom. The molecule has 1 aliphatic carbocycles. The standard InChI is InChI=1S/C26H39N3OS/c1-25(2)11-12-26(3,4)22-17-19(8-9-21(22)25)23-18-31-24(28-23)29-14-5-7-20(10-15-29)27-13-6-16-30/h8-9,17-18,20,27,30H,5-7,10-16H2,1-4H3. The van der Waals surface area contributed by atoms with Gasteiger partial charge in [0.15, 0.2) is 5.13 Å².